The summed E-state index contributed by atoms with van der Waals surface area (Å²) in [6.45, 7) is 4.18. The maximum atomic E-state index is 12.9. The van der Waals surface area contributed by atoms with Gasteiger partial charge in [0.1, 0.15) is 0 Å². The number of hydrogen-bond donors (Lipinski definition) is 1. The summed E-state index contributed by atoms with van der Waals surface area (Å²) in [4.78, 5) is 23.6. The van der Waals surface area contributed by atoms with Crippen molar-refractivity contribution in [2.75, 3.05) is 19.6 Å². The Morgan fingerprint density at radius 2 is 2.00 bits per heavy atom. The zero-order valence-electron chi connectivity index (χ0n) is 16.8. The fourth-order valence-corrected chi connectivity index (χ4v) is 3.65. The summed E-state index contributed by atoms with van der Waals surface area (Å²) in [5.74, 6) is 1.50. The predicted molar refractivity (Wildman–Crippen MR) is 121 cm³/mol. The number of oxazole rings is 1. The van der Waals surface area contributed by atoms with Crippen LogP contribution in [0, 0.1) is 6.92 Å². The van der Waals surface area contributed by atoms with E-state index in [-0.39, 0.29) is 36.8 Å². The molecule has 1 saturated heterocycles. The molecule has 30 heavy (non-hydrogen) atoms. The van der Waals surface area contributed by atoms with Crippen LogP contribution in [-0.4, -0.2) is 40.4 Å². The summed E-state index contributed by atoms with van der Waals surface area (Å²) in [6, 6.07) is 13.9. The molecule has 160 valence electrons. The Labute approximate surface area is 188 Å². The molecule has 1 atom stereocenters. The number of benzene rings is 1. The number of aryl methyl sites for hydroxylation is 2. The van der Waals surface area contributed by atoms with Crippen LogP contribution in [0.15, 0.2) is 59.3 Å². The molecule has 1 N–H and O–H groups in total. The van der Waals surface area contributed by atoms with Crippen molar-refractivity contribution in [1.82, 2.24) is 20.2 Å². The number of carbonyl (C=O) groups is 1. The Morgan fingerprint density at radius 3 is 2.73 bits per heavy atom. The van der Waals surface area contributed by atoms with Gasteiger partial charge in [0.05, 0.1) is 11.7 Å². The van der Waals surface area contributed by atoms with Crippen molar-refractivity contribution in [3.8, 4) is 11.3 Å². The fraction of sp³-hybridized carbons (Fsp3) is 0.318. The number of aromatic nitrogens is 2. The van der Waals surface area contributed by atoms with Gasteiger partial charge in [-0.25, -0.2) is 4.98 Å². The second-order valence-electron chi connectivity index (χ2n) is 6.98. The SMILES string of the molecule is Cc1nc(CCC(=O)N2CCNCC2c2cccnc2)oc1-c1ccccc1.Cl.Cl. The molecule has 0 bridgehead atoms. The first kappa shape index (κ1) is 23.9. The molecule has 0 saturated carbocycles. The highest BCUT2D eigenvalue weighted by molar-refractivity contribution is 5.85. The summed E-state index contributed by atoms with van der Waals surface area (Å²) >= 11 is 0. The summed E-state index contributed by atoms with van der Waals surface area (Å²) in [5, 5.41) is 3.37. The highest BCUT2D eigenvalue weighted by Crippen LogP contribution is 2.26. The zero-order valence-corrected chi connectivity index (χ0v) is 18.4. The Bertz CT molecular complexity index is 935. The number of nitrogens with zero attached hydrogens (tertiary/aromatic N) is 3. The Morgan fingerprint density at radius 1 is 1.20 bits per heavy atom. The Hall–Kier alpha value is -2.41. The third-order valence-corrected chi connectivity index (χ3v) is 5.06. The van der Waals surface area contributed by atoms with Crippen LogP contribution < -0.4 is 5.32 Å². The monoisotopic (exact) mass is 448 g/mol. The molecule has 8 heteroatoms. The molecule has 0 radical (unpaired) electrons. The number of carbonyl (C=O) groups excluding carboxylic acids is 1. The second-order valence-corrected chi connectivity index (χ2v) is 6.98. The van der Waals surface area contributed by atoms with Gasteiger partial charge in [0.2, 0.25) is 5.91 Å². The molecule has 3 aromatic rings. The van der Waals surface area contributed by atoms with Crippen molar-refractivity contribution in [3.63, 3.8) is 0 Å². The van der Waals surface area contributed by atoms with E-state index in [1.807, 2.05) is 60.5 Å². The first-order chi connectivity index (χ1) is 13.7. The smallest absolute Gasteiger partial charge is 0.223 e. The normalized spacial score (nSPS) is 15.8. The van der Waals surface area contributed by atoms with E-state index in [1.54, 1.807) is 6.20 Å². The number of hydrogen-bond acceptors (Lipinski definition) is 5. The van der Waals surface area contributed by atoms with Crippen LogP contribution in [0.4, 0.5) is 0 Å². The lowest BCUT2D eigenvalue weighted by Gasteiger charge is -2.36. The number of rotatable bonds is 5. The largest absolute Gasteiger partial charge is 0.440 e. The van der Waals surface area contributed by atoms with Crippen molar-refractivity contribution < 1.29 is 9.21 Å². The average Bonchev–Trinajstić information content (AvgIpc) is 3.14. The molecule has 1 aromatic carbocycles. The summed E-state index contributed by atoms with van der Waals surface area (Å²) in [6.07, 6.45) is 4.46. The predicted octanol–water partition coefficient (Wildman–Crippen LogP) is 3.99. The van der Waals surface area contributed by atoms with Crippen molar-refractivity contribution in [1.29, 1.82) is 0 Å². The minimum absolute atomic E-state index is 0. The molecular weight excluding hydrogens is 423 g/mol. The first-order valence-electron chi connectivity index (χ1n) is 9.64. The van der Waals surface area contributed by atoms with Crippen molar-refractivity contribution in [2.24, 2.45) is 0 Å². The Balaban J connectivity index is 0.00000160. The lowest BCUT2D eigenvalue weighted by molar-refractivity contribution is -0.134. The minimum Gasteiger partial charge on any atom is -0.440 e. The van der Waals surface area contributed by atoms with Gasteiger partial charge in [0.15, 0.2) is 11.7 Å². The van der Waals surface area contributed by atoms with E-state index in [2.05, 4.69) is 15.3 Å². The molecule has 3 heterocycles. The van der Waals surface area contributed by atoms with E-state index < -0.39 is 0 Å². The van der Waals surface area contributed by atoms with Gasteiger partial charge < -0.3 is 14.6 Å². The summed E-state index contributed by atoms with van der Waals surface area (Å²) in [7, 11) is 0. The van der Waals surface area contributed by atoms with Gasteiger partial charge in [0, 0.05) is 50.4 Å². The van der Waals surface area contributed by atoms with E-state index in [0.29, 0.717) is 25.3 Å². The first-order valence-corrected chi connectivity index (χ1v) is 9.64. The molecule has 1 amide bonds. The third kappa shape index (κ3) is 5.39. The molecule has 1 aliphatic heterocycles. The van der Waals surface area contributed by atoms with Crippen LogP contribution in [0.1, 0.15) is 29.6 Å². The number of piperazine rings is 1. The zero-order chi connectivity index (χ0) is 19.3. The van der Waals surface area contributed by atoms with E-state index in [0.717, 1.165) is 35.7 Å². The highest BCUT2D eigenvalue weighted by Gasteiger charge is 2.28. The van der Waals surface area contributed by atoms with E-state index in [9.17, 15) is 4.79 Å². The molecular formula is C22H26Cl2N4O2. The molecule has 6 nitrogen and oxygen atoms in total. The van der Waals surface area contributed by atoms with Crippen LogP contribution in [0.2, 0.25) is 0 Å². The van der Waals surface area contributed by atoms with E-state index in [4.69, 9.17) is 4.42 Å². The topological polar surface area (TPSA) is 71.3 Å². The van der Waals surface area contributed by atoms with Gasteiger partial charge in [0.25, 0.3) is 0 Å². The van der Waals surface area contributed by atoms with Crippen LogP contribution in [-0.2, 0) is 11.2 Å². The molecule has 1 aliphatic rings. The van der Waals surface area contributed by atoms with Gasteiger partial charge in [-0.3, -0.25) is 9.78 Å². The minimum atomic E-state index is 0. The number of nitrogens with one attached hydrogen (secondary N) is 1. The van der Waals surface area contributed by atoms with Crippen molar-refractivity contribution in [3.05, 3.63) is 72.0 Å². The summed E-state index contributed by atoms with van der Waals surface area (Å²) in [5.41, 5.74) is 2.91. The molecule has 0 aliphatic carbocycles. The maximum absolute atomic E-state index is 12.9. The Kier molecular flexibility index (Phi) is 8.84. The maximum Gasteiger partial charge on any atom is 0.223 e. The molecule has 1 fully saturated rings. The summed E-state index contributed by atoms with van der Waals surface area (Å²) < 4.78 is 5.95. The van der Waals surface area contributed by atoms with Gasteiger partial charge in [-0.2, -0.15) is 0 Å². The van der Waals surface area contributed by atoms with Gasteiger partial charge in [-0.1, -0.05) is 36.4 Å². The van der Waals surface area contributed by atoms with E-state index in [1.165, 1.54) is 0 Å². The average molecular weight is 449 g/mol. The van der Waals surface area contributed by atoms with Crippen molar-refractivity contribution >= 4 is 30.7 Å². The number of amides is 1. The molecule has 0 spiro atoms. The number of halogens is 2. The lowest BCUT2D eigenvalue weighted by atomic mass is 10.0. The molecule has 2 aromatic heterocycles. The van der Waals surface area contributed by atoms with Crippen LogP contribution >= 0.6 is 24.8 Å². The highest BCUT2D eigenvalue weighted by atomic mass is 35.5. The molecule has 1 unspecified atom stereocenters. The van der Waals surface area contributed by atoms with E-state index >= 15 is 0 Å². The van der Waals surface area contributed by atoms with Crippen LogP contribution in [0.25, 0.3) is 11.3 Å². The molecule has 4 rings (SSSR count). The van der Waals surface area contributed by atoms with Gasteiger partial charge >= 0.3 is 0 Å². The lowest BCUT2D eigenvalue weighted by Crippen LogP contribution is -2.48. The van der Waals surface area contributed by atoms with Gasteiger partial charge in [-0.15, -0.1) is 24.8 Å². The fourth-order valence-electron chi connectivity index (χ4n) is 3.65. The van der Waals surface area contributed by atoms with Gasteiger partial charge in [-0.05, 0) is 18.6 Å². The van der Waals surface area contributed by atoms with Crippen molar-refractivity contribution in [2.45, 2.75) is 25.8 Å². The van der Waals surface area contributed by atoms with Crippen LogP contribution in [0.5, 0.6) is 0 Å². The third-order valence-electron chi connectivity index (χ3n) is 5.06. The standard InChI is InChI=1S/C22H24N4O2.2ClH/c1-16-22(17-6-3-2-4-7-17)28-20(25-16)9-10-21(27)26-13-12-24-15-19(26)18-8-5-11-23-14-18;;/h2-8,11,14,19,24H,9-10,12-13,15H2,1H3;2*1H. The quantitative estimate of drug-likeness (QED) is 0.638. The number of pyridine rings is 1. The second kappa shape index (κ2) is 11.1. The van der Waals surface area contributed by atoms with Crippen LogP contribution in [0.3, 0.4) is 0 Å².